The van der Waals surface area contributed by atoms with Crippen molar-refractivity contribution in [1.82, 2.24) is 25.3 Å². The fraction of sp³-hybridized carbons (Fsp3) is 0.273. The highest BCUT2D eigenvalue weighted by Gasteiger charge is 2.09. The first-order chi connectivity index (χ1) is 8.58. The SMILES string of the molecule is Cc1c(CNC(=O)c2ccc(Cl)nn2)cnn1C. The lowest BCUT2D eigenvalue weighted by molar-refractivity contribution is 0.0945. The van der Waals surface area contributed by atoms with E-state index >= 15 is 0 Å². The summed E-state index contributed by atoms with van der Waals surface area (Å²) >= 11 is 5.60. The molecule has 2 aromatic heterocycles. The second-order valence-electron chi connectivity index (χ2n) is 3.80. The Labute approximate surface area is 109 Å². The predicted octanol–water partition coefficient (Wildman–Crippen LogP) is 1.10. The monoisotopic (exact) mass is 265 g/mol. The van der Waals surface area contributed by atoms with E-state index in [2.05, 4.69) is 20.6 Å². The second-order valence-corrected chi connectivity index (χ2v) is 4.19. The molecule has 18 heavy (non-hydrogen) atoms. The van der Waals surface area contributed by atoms with E-state index in [1.165, 1.54) is 12.1 Å². The number of hydrogen-bond acceptors (Lipinski definition) is 4. The standard InChI is InChI=1S/C11H12ClN5O/c1-7-8(6-14-17(7)2)5-13-11(18)9-3-4-10(12)16-15-9/h3-4,6H,5H2,1-2H3,(H,13,18). The predicted molar refractivity (Wildman–Crippen MR) is 66.2 cm³/mol. The molecular formula is C11H12ClN5O. The molecule has 0 aromatic carbocycles. The molecule has 1 N–H and O–H groups in total. The summed E-state index contributed by atoms with van der Waals surface area (Å²) in [6.07, 6.45) is 1.73. The summed E-state index contributed by atoms with van der Waals surface area (Å²) in [7, 11) is 1.85. The lowest BCUT2D eigenvalue weighted by Crippen LogP contribution is -2.24. The fourth-order valence-electron chi connectivity index (χ4n) is 1.42. The molecule has 0 atom stereocenters. The normalized spacial score (nSPS) is 10.4. The van der Waals surface area contributed by atoms with Gasteiger partial charge in [0, 0.05) is 24.8 Å². The highest BCUT2D eigenvalue weighted by molar-refractivity contribution is 6.29. The van der Waals surface area contributed by atoms with Gasteiger partial charge in [0.25, 0.3) is 5.91 Å². The minimum Gasteiger partial charge on any atom is -0.346 e. The van der Waals surface area contributed by atoms with Crippen LogP contribution in [0.15, 0.2) is 18.3 Å². The zero-order valence-corrected chi connectivity index (χ0v) is 10.8. The third kappa shape index (κ3) is 2.65. The quantitative estimate of drug-likeness (QED) is 0.902. The smallest absolute Gasteiger partial charge is 0.272 e. The number of hydrogen-bond donors (Lipinski definition) is 1. The molecule has 2 heterocycles. The molecule has 2 aromatic rings. The summed E-state index contributed by atoms with van der Waals surface area (Å²) in [5.41, 5.74) is 2.21. The average molecular weight is 266 g/mol. The van der Waals surface area contributed by atoms with Crippen LogP contribution in [-0.2, 0) is 13.6 Å². The van der Waals surface area contributed by atoms with Crippen molar-refractivity contribution in [2.75, 3.05) is 0 Å². The molecule has 6 nitrogen and oxygen atoms in total. The first kappa shape index (κ1) is 12.5. The van der Waals surface area contributed by atoms with Crippen molar-refractivity contribution in [3.63, 3.8) is 0 Å². The number of carbonyl (C=O) groups is 1. The number of halogens is 1. The van der Waals surface area contributed by atoms with E-state index in [9.17, 15) is 4.79 Å². The Bertz CT molecular complexity index is 563. The van der Waals surface area contributed by atoms with Crippen LogP contribution in [0.1, 0.15) is 21.7 Å². The van der Waals surface area contributed by atoms with E-state index < -0.39 is 0 Å². The van der Waals surface area contributed by atoms with Gasteiger partial charge in [0.1, 0.15) is 0 Å². The maximum absolute atomic E-state index is 11.8. The van der Waals surface area contributed by atoms with Crippen LogP contribution >= 0.6 is 11.6 Å². The first-order valence-corrected chi connectivity index (χ1v) is 5.70. The molecular weight excluding hydrogens is 254 g/mol. The van der Waals surface area contributed by atoms with Gasteiger partial charge in [-0.1, -0.05) is 11.6 Å². The molecule has 1 amide bonds. The van der Waals surface area contributed by atoms with Crippen molar-refractivity contribution >= 4 is 17.5 Å². The minimum absolute atomic E-state index is 0.237. The number of aryl methyl sites for hydroxylation is 1. The molecule has 0 aliphatic heterocycles. The van der Waals surface area contributed by atoms with Gasteiger partial charge in [0.15, 0.2) is 10.8 Å². The van der Waals surface area contributed by atoms with E-state index in [4.69, 9.17) is 11.6 Å². The first-order valence-electron chi connectivity index (χ1n) is 5.33. The maximum Gasteiger partial charge on any atom is 0.272 e. The molecule has 0 saturated heterocycles. The minimum atomic E-state index is -0.289. The Kier molecular flexibility index (Phi) is 3.57. The zero-order valence-electron chi connectivity index (χ0n) is 10.0. The molecule has 0 bridgehead atoms. The van der Waals surface area contributed by atoms with Crippen LogP contribution in [0, 0.1) is 6.92 Å². The largest absolute Gasteiger partial charge is 0.346 e. The van der Waals surface area contributed by atoms with Crippen LogP contribution in [0.4, 0.5) is 0 Å². The van der Waals surface area contributed by atoms with Crippen LogP contribution in [0.3, 0.4) is 0 Å². The Morgan fingerprint density at radius 2 is 2.22 bits per heavy atom. The average Bonchev–Trinajstić information content (AvgIpc) is 2.68. The molecule has 0 radical (unpaired) electrons. The van der Waals surface area contributed by atoms with Gasteiger partial charge in [-0.05, 0) is 19.1 Å². The summed E-state index contributed by atoms with van der Waals surface area (Å²) in [5.74, 6) is -0.289. The second kappa shape index (κ2) is 5.14. The topological polar surface area (TPSA) is 72.7 Å². The maximum atomic E-state index is 11.8. The molecule has 0 unspecified atom stereocenters. The van der Waals surface area contributed by atoms with Crippen molar-refractivity contribution in [3.8, 4) is 0 Å². The summed E-state index contributed by atoms with van der Waals surface area (Å²) in [4.78, 5) is 11.8. The molecule has 0 aliphatic carbocycles. The molecule has 7 heteroatoms. The van der Waals surface area contributed by atoms with Gasteiger partial charge >= 0.3 is 0 Å². The van der Waals surface area contributed by atoms with Crippen molar-refractivity contribution in [2.45, 2.75) is 13.5 Å². The van der Waals surface area contributed by atoms with Crippen molar-refractivity contribution in [2.24, 2.45) is 7.05 Å². The lowest BCUT2D eigenvalue weighted by atomic mass is 10.2. The highest BCUT2D eigenvalue weighted by atomic mass is 35.5. The van der Waals surface area contributed by atoms with Crippen molar-refractivity contribution < 1.29 is 4.79 Å². The number of carbonyl (C=O) groups excluding carboxylic acids is 1. The van der Waals surface area contributed by atoms with Crippen LogP contribution in [0.2, 0.25) is 5.15 Å². The Balaban J connectivity index is 2.00. The molecule has 0 fully saturated rings. The fourth-order valence-corrected chi connectivity index (χ4v) is 1.52. The van der Waals surface area contributed by atoms with Crippen LogP contribution in [0.5, 0.6) is 0 Å². The number of nitrogens with zero attached hydrogens (tertiary/aromatic N) is 4. The lowest BCUT2D eigenvalue weighted by Gasteiger charge is -2.03. The number of nitrogens with one attached hydrogen (secondary N) is 1. The number of rotatable bonds is 3. The Morgan fingerprint density at radius 3 is 2.78 bits per heavy atom. The van der Waals surface area contributed by atoms with Gasteiger partial charge in [-0.3, -0.25) is 9.48 Å². The zero-order chi connectivity index (χ0) is 13.1. The Morgan fingerprint density at radius 1 is 1.44 bits per heavy atom. The molecule has 94 valence electrons. The molecule has 0 aliphatic rings. The van der Waals surface area contributed by atoms with E-state index in [1.807, 2.05) is 14.0 Å². The van der Waals surface area contributed by atoms with Crippen LogP contribution in [0.25, 0.3) is 0 Å². The van der Waals surface area contributed by atoms with E-state index in [0.29, 0.717) is 6.54 Å². The van der Waals surface area contributed by atoms with Crippen LogP contribution < -0.4 is 5.32 Å². The molecule has 0 spiro atoms. The van der Waals surface area contributed by atoms with Gasteiger partial charge in [0.2, 0.25) is 0 Å². The van der Waals surface area contributed by atoms with Gasteiger partial charge < -0.3 is 5.32 Å². The summed E-state index contributed by atoms with van der Waals surface area (Å²) in [5, 5.41) is 14.4. The van der Waals surface area contributed by atoms with Crippen molar-refractivity contribution in [1.29, 1.82) is 0 Å². The van der Waals surface area contributed by atoms with E-state index in [1.54, 1.807) is 10.9 Å². The van der Waals surface area contributed by atoms with Crippen LogP contribution in [-0.4, -0.2) is 25.9 Å². The number of aromatic nitrogens is 4. The van der Waals surface area contributed by atoms with Gasteiger partial charge in [-0.2, -0.15) is 5.10 Å². The Hall–Kier alpha value is -1.95. The third-order valence-corrected chi connectivity index (χ3v) is 2.84. The van der Waals surface area contributed by atoms with Crippen molar-refractivity contribution in [3.05, 3.63) is 40.4 Å². The third-order valence-electron chi connectivity index (χ3n) is 2.64. The van der Waals surface area contributed by atoms with Gasteiger partial charge in [-0.15, -0.1) is 10.2 Å². The van der Waals surface area contributed by atoms with Gasteiger partial charge in [-0.25, -0.2) is 0 Å². The van der Waals surface area contributed by atoms with Gasteiger partial charge in [0.05, 0.1) is 6.20 Å². The number of amides is 1. The highest BCUT2D eigenvalue weighted by Crippen LogP contribution is 2.06. The summed E-state index contributed by atoms with van der Waals surface area (Å²) in [6, 6.07) is 3.06. The molecule has 2 rings (SSSR count). The molecule has 0 saturated carbocycles. The summed E-state index contributed by atoms with van der Waals surface area (Å²) < 4.78 is 1.75. The van der Waals surface area contributed by atoms with E-state index in [0.717, 1.165) is 11.3 Å². The van der Waals surface area contributed by atoms with E-state index in [-0.39, 0.29) is 16.8 Å². The summed E-state index contributed by atoms with van der Waals surface area (Å²) in [6.45, 7) is 2.35.